The lowest BCUT2D eigenvalue weighted by Gasteiger charge is -2.21. The number of rotatable bonds is 9. The third-order valence-corrected chi connectivity index (χ3v) is 5.61. The fraction of sp³-hybridized carbons (Fsp3) is 0.292. The molecule has 0 aliphatic heterocycles. The molecule has 0 bridgehead atoms. The summed E-state index contributed by atoms with van der Waals surface area (Å²) in [5, 5.41) is 10.9. The van der Waals surface area contributed by atoms with E-state index in [1.54, 1.807) is 30.5 Å². The topological polar surface area (TPSA) is 125 Å². The van der Waals surface area contributed by atoms with E-state index in [1.165, 1.54) is 42.5 Å². The van der Waals surface area contributed by atoms with Crippen LogP contribution in [-0.2, 0) is 17.8 Å². The number of esters is 1. The van der Waals surface area contributed by atoms with Gasteiger partial charge in [0.2, 0.25) is 0 Å². The molecule has 0 saturated heterocycles. The number of hydrogen-bond donors (Lipinski definition) is 0. The van der Waals surface area contributed by atoms with Gasteiger partial charge in [-0.15, -0.1) is 0 Å². The van der Waals surface area contributed by atoms with Crippen molar-refractivity contribution < 1.29 is 28.5 Å². The number of nitro groups is 1. The predicted octanol–water partition coefficient (Wildman–Crippen LogP) is 3.94. The number of hydrogen-bond acceptors (Lipinski definition) is 7. The van der Waals surface area contributed by atoms with Crippen molar-refractivity contribution in [3.8, 4) is 0 Å². The van der Waals surface area contributed by atoms with E-state index in [-0.39, 0.29) is 30.1 Å². The second-order valence-corrected chi connectivity index (χ2v) is 7.64. The van der Waals surface area contributed by atoms with Gasteiger partial charge >= 0.3 is 5.97 Å². The molecule has 0 N–H and O–H groups in total. The Labute approximate surface area is 195 Å². The van der Waals surface area contributed by atoms with Gasteiger partial charge in [0.05, 0.1) is 31.4 Å². The van der Waals surface area contributed by atoms with Gasteiger partial charge in [0, 0.05) is 35.5 Å². The Balaban J connectivity index is 1.96. The molecule has 10 nitrogen and oxygen atoms in total. The number of amides is 1. The molecule has 0 radical (unpaired) electrons. The van der Waals surface area contributed by atoms with Crippen molar-refractivity contribution >= 4 is 23.3 Å². The van der Waals surface area contributed by atoms with Crippen LogP contribution in [-0.4, -0.2) is 45.7 Å². The van der Waals surface area contributed by atoms with Crippen LogP contribution in [0.1, 0.15) is 55.1 Å². The van der Waals surface area contributed by atoms with Gasteiger partial charge in [0.15, 0.2) is 5.78 Å². The number of carbonyl (C=O) groups is 3. The lowest BCUT2D eigenvalue weighted by molar-refractivity contribution is -0.384. The second-order valence-electron chi connectivity index (χ2n) is 7.64. The zero-order valence-electron chi connectivity index (χ0n) is 19.4. The van der Waals surface area contributed by atoms with E-state index < -0.39 is 16.8 Å². The molecule has 178 valence electrons. The minimum atomic E-state index is -0.554. The molecule has 0 unspecified atom stereocenters. The maximum atomic E-state index is 13.4. The number of non-ortho nitro benzene ring substituents is 1. The molecule has 2 aromatic heterocycles. The fourth-order valence-corrected chi connectivity index (χ4v) is 4.01. The molecule has 3 aromatic rings. The molecule has 2 heterocycles. The number of furan rings is 1. The number of nitrogens with zero attached hydrogens (tertiary/aromatic N) is 3. The van der Waals surface area contributed by atoms with Crippen molar-refractivity contribution in [1.29, 1.82) is 0 Å². The van der Waals surface area contributed by atoms with Gasteiger partial charge in [-0.1, -0.05) is 0 Å². The lowest BCUT2D eigenvalue weighted by atomic mass is 10.0. The summed E-state index contributed by atoms with van der Waals surface area (Å²) in [5.41, 5.74) is 1.78. The highest BCUT2D eigenvalue weighted by atomic mass is 16.6. The Morgan fingerprint density at radius 1 is 1.15 bits per heavy atom. The molecule has 0 spiro atoms. The van der Waals surface area contributed by atoms with E-state index in [1.807, 2.05) is 6.92 Å². The van der Waals surface area contributed by atoms with E-state index in [0.29, 0.717) is 34.8 Å². The summed E-state index contributed by atoms with van der Waals surface area (Å²) in [5.74, 6) is -0.916. The fourth-order valence-electron chi connectivity index (χ4n) is 4.01. The first-order valence-corrected chi connectivity index (χ1v) is 10.6. The predicted molar refractivity (Wildman–Crippen MR) is 122 cm³/mol. The van der Waals surface area contributed by atoms with Crippen molar-refractivity contribution in [1.82, 2.24) is 9.47 Å². The van der Waals surface area contributed by atoms with Crippen molar-refractivity contribution in [2.45, 2.75) is 33.9 Å². The molecule has 34 heavy (non-hydrogen) atoms. The van der Waals surface area contributed by atoms with Crippen LogP contribution in [0.2, 0.25) is 0 Å². The van der Waals surface area contributed by atoms with Gasteiger partial charge in [-0.2, -0.15) is 0 Å². The number of benzene rings is 1. The van der Waals surface area contributed by atoms with Crippen LogP contribution in [0.5, 0.6) is 0 Å². The maximum Gasteiger partial charge on any atom is 0.354 e. The molecule has 10 heteroatoms. The van der Waals surface area contributed by atoms with Crippen LogP contribution < -0.4 is 0 Å². The van der Waals surface area contributed by atoms with E-state index >= 15 is 0 Å². The average molecular weight is 467 g/mol. The van der Waals surface area contributed by atoms with Crippen LogP contribution >= 0.6 is 0 Å². The maximum absolute atomic E-state index is 13.4. The molecule has 0 saturated carbocycles. The van der Waals surface area contributed by atoms with Crippen LogP contribution in [0.15, 0.2) is 47.1 Å². The molecular weight excluding hydrogens is 442 g/mol. The van der Waals surface area contributed by atoms with Gasteiger partial charge < -0.3 is 18.6 Å². The monoisotopic (exact) mass is 467 g/mol. The molecular formula is C24H25N3O7. The number of carbonyl (C=O) groups excluding carboxylic acids is 3. The number of ketones is 1. The SMILES string of the molecule is CCn1c(C)c(C(=O)CN(Cc2ccco2)C(=O)c2ccc([N+](=O)[O-])cc2)c(C)c1C(=O)OC. The molecule has 1 aromatic carbocycles. The van der Waals surface area contributed by atoms with Gasteiger partial charge in [-0.05, 0) is 50.6 Å². The number of ether oxygens (including phenoxy) is 1. The minimum absolute atomic E-state index is 0.0189. The smallest absolute Gasteiger partial charge is 0.354 e. The Morgan fingerprint density at radius 3 is 2.35 bits per heavy atom. The van der Waals surface area contributed by atoms with Crippen LogP contribution in [0.3, 0.4) is 0 Å². The summed E-state index contributed by atoms with van der Waals surface area (Å²) in [6.45, 7) is 5.47. The molecule has 0 aliphatic carbocycles. The highest BCUT2D eigenvalue weighted by Gasteiger charge is 2.29. The van der Waals surface area contributed by atoms with Crippen molar-refractivity contribution in [2.75, 3.05) is 13.7 Å². The van der Waals surface area contributed by atoms with E-state index in [4.69, 9.17) is 9.15 Å². The van der Waals surface area contributed by atoms with E-state index in [0.717, 1.165) is 0 Å². The summed E-state index contributed by atoms with van der Waals surface area (Å²) < 4.78 is 12.0. The molecule has 1 amide bonds. The van der Waals surface area contributed by atoms with Crippen LogP contribution in [0.25, 0.3) is 0 Å². The molecule has 0 atom stereocenters. The summed E-state index contributed by atoms with van der Waals surface area (Å²) in [6, 6.07) is 8.51. The average Bonchev–Trinajstić information content (AvgIpc) is 3.42. The third kappa shape index (κ3) is 4.75. The molecule has 3 rings (SSSR count). The largest absolute Gasteiger partial charge is 0.467 e. The molecule has 0 fully saturated rings. The first-order chi connectivity index (χ1) is 16.2. The third-order valence-electron chi connectivity index (χ3n) is 5.61. The van der Waals surface area contributed by atoms with Crippen molar-refractivity contribution in [3.05, 3.63) is 86.6 Å². The van der Waals surface area contributed by atoms with Crippen molar-refractivity contribution in [2.24, 2.45) is 0 Å². The summed E-state index contributed by atoms with van der Waals surface area (Å²) in [4.78, 5) is 50.7. The zero-order valence-corrected chi connectivity index (χ0v) is 19.4. The number of Topliss-reactive ketones (excluding diaryl/α,β-unsaturated/α-hetero) is 1. The number of methoxy groups -OCH3 is 1. The van der Waals surface area contributed by atoms with Crippen LogP contribution in [0.4, 0.5) is 5.69 Å². The Bertz CT molecular complexity index is 1220. The minimum Gasteiger partial charge on any atom is -0.467 e. The second kappa shape index (κ2) is 10.2. The van der Waals surface area contributed by atoms with Gasteiger partial charge in [-0.25, -0.2) is 4.79 Å². The Kier molecular flexibility index (Phi) is 7.30. The normalized spacial score (nSPS) is 10.7. The number of nitro benzene ring substituents is 1. The van der Waals surface area contributed by atoms with Crippen LogP contribution in [0, 0.1) is 24.0 Å². The lowest BCUT2D eigenvalue weighted by Crippen LogP contribution is -2.35. The van der Waals surface area contributed by atoms with Gasteiger partial charge in [0.25, 0.3) is 11.6 Å². The first-order valence-electron chi connectivity index (χ1n) is 10.6. The molecule has 0 aliphatic rings. The van der Waals surface area contributed by atoms with E-state index in [2.05, 4.69) is 0 Å². The first kappa shape index (κ1) is 24.4. The zero-order chi connectivity index (χ0) is 25.0. The Hall–Kier alpha value is -4.21. The van der Waals surface area contributed by atoms with E-state index in [9.17, 15) is 24.5 Å². The summed E-state index contributed by atoms with van der Waals surface area (Å²) in [7, 11) is 1.28. The van der Waals surface area contributed by atoms with Gasteiger partial charge in [-0.3, -0.25) is 19.7 Å². The highest BCUT2D eigenvalue weighted by molar-refractivity contribution is 6.06. The highest BCUT2D eigenvalue weighted by Crippen LogP contribution is 2.25. The Morgan fingerprint density at radius 2 is 1.82 bits per heavy atom. The summed E-state index contributed by atoms with van der Waals surface area (Å²) in [6.07, 6.45) is 1.46. The number of aromatic nitrogens is 1. The summed E-state index contributed by atoms with van der Waals surface area (Å²) >= 11 is 0. The van der Waals surface area contributed by atoms with Gasteiger partial charge in [0.1, 0.15) is 11.5 Å². The standard InChI is InChI=1S/C24H25N3O7/c1-5-26-16(3)21(15(2)22(26)24(30)33-4)20(28)14-25(13-19-7-6-12-34-19)23(29)17-8-10-18(11-9-17)27(31)32/h6-12H,5,13-14H2,1-4H3. The van der Waals surface area contributed by atoms with Crippen molar-refractivity contribution in [3.63, 3.8) is 0 Å². The quantitative estimate of drug-likeness (QED) is 0.202.